The van der Waals surface area contributed by atoms with E-state index in [9.17, 15) is 5.26 Å². The molecule has 0 saturated carbocycles. The van der Waals surface area contributed by atoms with Gasteiger partial charge in [-0.25, -0.2) is 4.98 Å². The molecule has 4 aromatic carbocycles. The summed E-state index contributed by atoms with van der Waals surface area (Å²) in [5.74, 6) is 0. The summed E-state index contributed by atoms with van der Waals surface area (Å²) in [4.78, 5) is 4.93. The number of imidazole rings is 1. The lowest BCUT2D eigenvalue weighted by molar-refractivity contribution is 0.0752. The first-order valence-corrected chi connectivity index (χ1v) is 13.1. The van der Waals surface area contributed by atoms with Gasteiger partial charge in [0.2, 0.25) is 0 Å². The molecular weight excluding hydrogens is 466 g/mol. The van der Waals surface area contributed by atoms with Crippen LogP contribution in [0.1, 0.15) is 59.4 Å². The Bertz CT molecular complexity index is 1370. The number of nitrogens with zero attached hydrogens (tertiary/aromatic N) is 3. The monoisotopic (exact) mass is 497 g/mol. The lowest BCUT2D eigenvalue weighted by atomic mass is 9.77. The maximum atomic E-state index is 9.28. The van der Waals surface area contributed by atoms with Crippen molar-refractivity contribution in [1.29, 1.82) is 5.26 Å². The van der Waals surface area contributed by atoms with Crippen LogP contribution in [0.5, 0.6) is 0 Å². The maximum absolute atomic E-state index is 9.28. The van der Waals surface area contributed by atoms with Crippen LogP contribution in [0.15, 0.2) is 128 Å². The SMILES string of the molecule is CCCCO[C@H](c1ccc(C#N)cc1)c1cn(C(c2ccccc2)(c2ccccc2)c2ccccc2)cn1. The molecule has 0 bridgehead atoms. The van der Waals surface area contributed by atoms with Gasteiger partial charge >= 0.3 is 0 Å². The van der Waals surface area contributed by atoms with E-state index in [0.29, 0.717) is 12.2 Å². The molecule has 0 fully saturated rings. The molecule has 0 amide bonds. The highest BCUT2D eigenvalue weighted by atomic mass is 16.5. The first kappa shape index (κ1) is 25.2. The van der Waals surface area contributed by atoms with E-state index in [1.165, 1.54) is 0 Å². The number of benzene rings is 4. The molecule has 1 aromatic heterocycles. The number of hydrogen-bond donors (Lipinski definition) is 0. The fraction of sp³-hybridized carbons (Fsp3) is 0.176. The molecule has 5 rings (SSSR count). The van der Waals surface area contributed by atoms with Crippen LogP contribution in [0.25, 0.3) is 0 Å². The third-order valence-electron chi connectivity index (χ3n) is 6.96. The predicted octanol–water partition coefficient (Wildman–Crippen LogP) is 7.50. The number of ether oxygens (including phenoxy) is 1. The van der Waals surface area contributed by atoms with Gasteiger partial charge in [-0.05, 0) is 40.8 Å². The Balaban J connectivity index is 1.69. The van der Waals surface area contributed by atoms with Gasteiger partial charge < -0.3 is 9.30 Å². The number of hydrogen-bond acceptors (Lipinski definition) is 3. The van der Waals surface area contributed by atoms with E-state index in [-0.39, 0.29) is 6.10 Å². The van der Waals surface area contributed by atoms with Crippen LogP contribution in [0.3, 0.4) is 0 Å². The molecular formula is C34H31N3O. The van der Waals surface area contributed by atoms with Crippen LogP contribution in [0.2, 0.25) is 0 Å². The van der Waals surface area contributed by atoms with Gasteiger partial charge in [0, 0.05) is 12.8 Å². The van der Waals surface area contributed by atoms with Gasteiger partial charge in [0.25, 0.3) is 0 Å². The average molecular weight is 498 g/mol. The van der Waals surface area contributed by atoms with Crippen molar-refractivity contribution in [3.05, 3.63) is 161 Å². The molecule has 4 heteroatoms. The van der Waals surface area contributed by atoms with Gasteiger partial charge in [-0.15, -0.1) is 0 Å². The fourth-order valence-electron chi connectivity index (χ4n) is 5.07. The Morgan fingerprint density at radius 3 is 1.79 bits per heavy atom. The van der Waals surface area contributed by atoms with Crippen molar-refractivity contribution < 1.29 is 4.74 Å². The van der Waals surface area contributed by atoms with E-state index in [1.54, 1.807) is 0 Å². The van der Waals surface area contributed by atoms with E-state index < -0.39 is 5.54 Å². The third kappa shape index (κ3) is 4.89. The molecule has 0 aliphatic heterocycles. The molecule has 0 spiro atoms. The minimum absolute atomic E-state index is 0.337. The molecule has 4 nitrogen and oxygen atoms in total. The van der Waals surface area contributed by atoms with Crippen molar-refractivity contribution in [3.63, 3.8) is 0 Å². The van der Waals surface area contributed by atoms with Gasteiger partial charge in [0.1, 0.15) is 11.6 Å². The Hall–Kier alpha value is -4.46. The molecule has 0 radical (unpaired) electrons. The van der Waals surface area contributed by atoms with Crippen LogP contribution in [-0.4, -0.2) is 16.2 Å². The van der Waals surface area contributed by atoms with Crippen LogP contribution < -0.4 is 0 Å². The van der Waals surface area contributed by atoms with Gasteiger partial charge in [-0.2, -0.15) is 5.26 Å². The summed E-state index contributed by atoms with van der Waals surface area (Å²) in [6.45, 7) is 2.79. The van der Waals surface area contributed by atoms with Crippen molar-refractivity contribution in [3.8, 4) is 6.07 Å². The van der Waals surface area contributed by atoms with Crippen LogP contribution in [0.4, 0.5) is 0 Å². The average Bonchev–Trinajstić information content (AvgIpc) is 3.48. The van der Waals surface area contributed by atoms with Crippen LogP contribution in [-0.2, 0) is 10.3 Å². The Morgan fingerprint density at radius 1 is 0.789 bits per heavy atom. The molecule has 38 heavy (non-hydrogen) atoms. The zero-order valence-electron chi connectivity index (χ0n) is 21.6. The third-order valence-corrected chi connectivity index (χ3v) is 6.96. The van der Waals surface area contributed by atoms with Gasteiger partial charge in [-0.1, -0.05) is 116 Å². The van der Waals surface area contributed by atoms with E-state index in [2.05, 4.69) is 96.6 Å². The molecule has 5 aromatic rings. The molecule has 0 unspecified atom stereocenters. The lowest BCUT2D eigenvalue weighted by Crippen LogP contribution is -2.37. The van der Waals surface area contributed by atoms with Crippen molar-refractivity contribution in [2.75, 3.05) is 6.61 Å². The number of rotatable bonds is 10. The lowest BCUT2D eigenvalue weighted by Gasteiger charge is -2.37. The second-order valence-corrected chi connectivity index (χ2v) is 9.35. The van der Waals surface area contributed by atoms with Gasteiger partial charge in [-0.3, -0.25) is 0 Å². The maximum Gasteiger partial charge on any atom is 0.126 e. The van der Waals surface area contributed by atoms with Crippen molar-refractivity contribution in [2.45, 2.75) is 31.4 Å². The minimum Gasteiger partial charge on any atom is -0.367 e. The van der Waals surface area contributed by atoms with E-state index in [1.807, 2.05) is 48.8 Å². The first-order valence-electron chi connectivity index (χ1n) is 13.1. The molecule has 188 valence electrons. The normalized spacial score (nSPS) is 12.1. The Morgan fingerprint density at radius 2 is 1.32 bits per heavy atom. The first-order chi connectivity index (χ1) is 18.8. The summed E-state index contributed by atoms with van der Waals surface area (Å²) in [6.07, 6.45) is 5.71. The number of unbranched alkanes of at least 4 members (excludes halogenated alkanes) is 1. The number of aromatic nitrogens is 2. The van der Waals surface area contributed by atoms with Gasteiger partial charge in [0.15, 0.2) is 0 Å². The van der Waals surface area contributed by atoms with Crippen LogP contribution in [0, 0.1) is 11.3 Å². The van der Waals surface area contributed by atoms with E-state index in [0.717, 1.165) is 40.8 Å². The molecule has 1 atom stereocenters. The van der Waals surface area contributed by atoms with Crippen molar-refractivity contribution in [1.82, 2.24) is 9.55 Å². The molecule has 0 aliphatic rings. The topological polar surface area (TPSA) is 50.8 Å². The number of nitriles is 1. The highest BCUT2D eigenvalue weighted by Gasteiger charge is 2.38. The fourth-order valence-corrected chi connectivity index (χ4v) is 5.07. The molecule has 1 heterocycles. The molecule has 0 aliphatic carbocycles. The summed E-state index contributed by atoms with van der Waals surface area (Å²) in [5, 5.41) is 9.28. The summed E-state index contributed by atoms with van der Waals surface area (Å²) in [6, 6.07) is 41.5. The summed E-state index contributed by atoms with van der Waals surface area (Å²) >= 11 is 0. The largest absolute Gasteiger partial charge is 0.367 e. The highest BCUT2D eigenvalue weighted by molar-refractivity contribution is 5.51. The smallest absolute Gasteiger partial charge is 0.126 e. The van der Waals surface area contributed by atoms with Crippen molar-refractivity contribution in [2.24, 2.45) is 0 Å². The summed E-state index contributed by atoms with van der Waals surface area (Å²) in [7, 11) is 0. The van der Waals surface area contributed by atoms with E-state index in [4.69, 9.17) is 9.72 Å². The Kier molecular flexibility index (Phi) is 7.78. The minimum atomic E-state index is -0.631. The predicted molar refractivity (Wildman–Crippen MR) is 151 cm³/mol. The standard InChI is InChI=1S/C34H31N3O/c1-2-3-23-38-33(28-21-19-27(24-35)20-22-28)32-25-37(26-36-32)34(29-13-7-4-8-14-29,30-15-9-5-10-16-30)31-17-11-6-12-18-31/h4-22,25-26,33H,2-3,23H2,1H3/t33-/m1/s1. The van der Waals surface area contributed by atoms with Crippen molar-refractivity contribution >= 4 is 0 Å². The Labute approximate surface area is 224 Å². The summed E-state index contributed by atoms with van der Waals surface area (Å²) in [5.41, 5.74) is 5.23. The van der Waals surface area contributed by atoms with E-state index >= 15 is 0 Å². The second-order valence-electron chi connectivity index (χ2n) is 9.35. The molecule has 0 saturated heterocycles. The second kappa shape index (κ2) is 11.7. The zero-order valence-corrected chi connectivity index (χ0v) is 21.6. The quantitative estimate of drug-likeness (QED) is 0.148. The van der Waals surface area contributed by atoms with Gasteiger partial charge in [0.05, 0.1) is 23.7 Å². The zero-order chi connectivity index (χ0) is 26.2. The highest BCUT2D eigenvalue weighted by Crippen LogP contribution is 2.41. The van der Waals surface area contributed by atoms with Crippen LogP contribution >= 0.6 is 0 Å². The summed E-state index contributed by atoms with van der Waals surface area (Å²) < 4.78 is 8.62. The molecule has 0 N–H and O–H groups in total.